The van der Waals surface area contributed by atoms with E-state index in [1.54, 1.807) is 0 Å². The molecule has 0 bridgehead atoms. The second-order valence-electron chi connectivity index (χ2n) is 5.72. The highest BCUT2D eigenvalue weighted by atomic mass is 15.1. The molecular weight excluding hydrogens is 246 g/mol. The van der Waals surface area contributed by atoms with Crippen molar-refractivity contribution in [2.45, 2.75) is 32.6 Å². The number of nitrogens with zero attached hydrogens (tertiary/aromatic N) is 2. The van der Waals surface area contributed by atoms with Gasteiger partial charge in [-0.15, -0.1) is 0 Å². The maximum absolute atomic E-state index is 6.01. The molecule has 2 N–H and O–H groups in total. The first kappa shape index (κ1) is 17.0. The van der Waals surface area contributed by atoms with Crippen LogP contribution in [0.5, 0.6) is 0 Å². The Morgan fingerprint density at radius 2 is 1.55 bits per heavy atom. The van der Waals surface area contributed by atoms with Gasteiger partial charge in [0.2, 0.25) is 0 Å². The third-order valence-corrected chi connectivity index (χ3v) is 3.72. The van der Waals surface area contributed by atoms with Crippen LogP contribution in [-0.2, 0) is 0 Å². The first-order valence-electron chi connectivity index (χ1n) is 7.82. The van der Waals surface area contributed by atoms with Crippen LogP contribution in [0.1, 0.15) is 38.2 Å². The Kier molecular flexibility index (Phi) is 7.63. The van der Waals surface area contributed by atoms with E-state index in [-0.39, 0.29) is 0 Å². The minimum absolute atomic E-state index is 0.435. The van der Waals surface area contributed by atoms with Gasteiger partial charge in [0, 0.05) is 38.8 Å². The van der Waals surface area contributed by atoms with Crippen LogP contribution >= 0.6 is 0 Å². The largest absolute Gasteiger partial charge is 0.378 e. The van der Waals surface area contributed by atoms with Gasteiger partial charge in [-0.05, 0) is 43.6 Å². The molecule has 1 aromatic rings. The molecule has 0 fully saturated rings. The van der Waals surface area contributed by atoms with E-state index in [1.165, 1.54) is 37.2 Å². The molecule has 0 radical (unpaired) electrons. The summed E-state index contributed by atoms with van der Waals surface area (Å²) in [6.07, 6.45) is 2.41. The van der Waals surface area contributed by atoms with E-state index >= 15 is 0 Å². The fraction of sp³-hybridized carbons (Fsp3) is 0.647. The van der Waals surface area contributed by atoms with Gasteiger partial charge in [0.15, 0.2) is 0 Å². The van der Waals surface area contributed by atoms with Gasteiger partial charge >= 0.3 is 0 Å². The van der Waals surface area contributed by atoms with Gasteiger partial charge in [-0.2, -0.15) is 0 Å². The van der Waals surface area contributed by atoms with Crippen molar-refractivity contribution in [3.63, 3.8) is 0 Å². The van der Waals surface area contributed by atoms with Gasteiger partial charge in [0.1, 0.15) is 0 Å². The minimum Gasteiger partial charge on any atom is -0.378 e. The first-order chi connectivity index (χ1) is 9.62. The van der Waals surface area contributed by atoms with E-state index in [0.29, 0.717) is 12.5 Å². The van der Waals surface area contributed by atoms with E-state index < -0.39 is 0 Å². The van der Waals surface area contributed by atoms with E-state index in [2.05, 4.69) is 62.0 Å². The van der Waals surface area contributed by atoms with E-state index in [1.807, 2.05) is 0 Å². The summed E-state index contributed by atoms with van der Waals surface area (Å²) >= 11 is 0. The summed E-state index contributed by atoms with van der Waals surface area (Å²) in [6, 6.07) is 8.82. The van der Waals surface area contributed by atoms with Crippen LogP contribution in [0.25, 0.3) is 0 Å². The van der Waals surface area contributed by atoms with Crippen molar-refractivity contribution in [2.24, 2.45) is 5.73 Å². The Bertz CT molecular complexity index is 353. The molecule has 0 saturated heterocycles. The Morgan fingerprint density at radius 1 is 1.00 bits per heavy atom. The number of rotatable bonds is 9. The summed E-state index contributed by atoms with van der Waals surface area (Å²) in [5.41, 5.74) is 8.60. The molecule has 0 heterocycles. The average Bonchev–Trinajstić information content (AvgIpc) is 2.45. The highest BCUT2D eigenvalue weighted by Crippen LogP contribution is 2.20. The quantitative estimate of drug-likeness (QED) is 0.753. The minimum atomic E-state index is 0.435. The van der Waals surface area contributed by atoms with E-state index in [4.69, 9.17) is 5.73 Å². The predicted octanol–water partition coefficient (Wildman–Crippen LogP) is 2.92. The molecule has 0 aromatic heterocycles. The zero-order chi connectivity index (χ0) is 15.0. The van der Waals surface area contributed by atoms with Crippen molar-refractivity contribution in [2.75, 3.05) is 45.2 Å². The van der Waals surface area contributed by atoms with Gasteiger partial charge in [-0.1, -0.05) is 26.0 Å². The maximum Gasteiger partial charge on any atom is 0.0361 e. The Balaban J connectivity index is 2.73. The summed E-state index contributed by atoms with van der Waals surface area (Å²) < 4.78 is 0. The molecule has 0 saturated carbocycles. The van der Waals surface area contributed by atoms with Gasteiger partial charge in [-0.3, -0.25) is 0 Å². The van der Waals surface area contributed by atoms with Crippen molar-refractivity contribution in [3.8, 4) is 0 Å². The molecule has 1 rings (SSSR count). The van der Waals surface area contributed by atoms with Crippen molar-refractivity contribution < 1.29 is 0 Å². The molecule has 1 unspecified atom stereocenters. The number of anilines is 1. The number of benzene rings is 1. The molecule has 3 heteroatoms. The first-order valence-corrected chi connectivity index (χ1v) is 7.82. The van der Waals surface area contributed by atoms with Crippen LogP contribution < -0.4 is 10.6 Å². The third-order valence-electron chi connectivity index (χ3n) is 3.72. The smallest absolute Gasteiger partial charge is 0.0361 e. The van der Waals surface area contributed by atoms with Crippen LogP contribution in [0, 0.1) is 0 Å². The maximum atomic E-state index is 6.01. The van der Waals surface area contributed by atoms with Gasteiger partial charge in [0.25, 0.3) is 0 Å². The highest BCUT2D eigenvalue weighted by molar-refractivity contribution is 5.46. The second kappa shape index (κ2) is 8.98. The van der Waals surface area contributed by atoms with Crippen molar-refractivity contribution in [3.05, 3.63) is 29.8 Å². The van der Waals surface area contributed by atoms with Crippen LogP contribution in [0.2, 0.25) is 0 Å². The molecule has 1 atom stereocenters. The normalized spacial score (nSPS) is 12.7. The molecule has 0 aliphatic rings. The lowest BCUT2D eigenvalue weighted by Gasteiger charge is -2.26. The number of hydrogen-bond acceptors (Lipinski definition) is 3. The molecule has 114 valence electrons. The lowest BCUT2D eigenvalue weighted by molar-refractivity contribution is 0.258. The topological polar surface area (TPSA) is 32.5 Å². The van der Waals surface area contributed by atoms with Crippen LogP contribution in [0.4, 0.5) is 5.69 Å². The number of hydrogen-bond donors (Lipinski definition) is 1. The summed E-state index contributed by atoms with van der Waals surface area (Å²) in [4.78, 5) is 4.67. The number of nitrogens with two attached hydrogens (primary N) is 1. The van der Waals surface area contributed by atoms with Crippen molar-refractivity contribution in [1.29, 1.82) is 0 Å². The monoisotopic (exact) mass is 277 g/mol. The van der Waals surface area contributed by atoms with Crippen LogP contribution in [-0.4, -0.2) is 45.2 Å². The molecular formula is C17H31N3. The Hall–Kier alpha value is -1.06. The standard InChI is InChI=1S/C17H31N3/c1-5-11-20(12-6-2)14-16(13-18)15-7-9-17(10-8-15)19(3)4/h7-10,16H,5-6,11-14,18H2,1-4H3. The fourth-order valence-corrected chi connectivity index (χ4v) is 2.60. The fourth-order valence-electron chi connectivity index (χ4n) is 2.60. The molecule has 0 spiro atoms. The summed E-state index contributed by atoms with van der Waals surface area (Å²) in [6.45, 7) is 8.60. The zero-order valence-corrected chi connectivity index (χ0v) is 13.6. The predicted molar refractivity (Wildman–Crippen MR) is 89.6 cm³/mol. The molecule has 20 heavy (non-hydrogen) atoms. The van der Waals surface area contributed by atoms with Crippen LogP contribution in [0.15, 0.2) is 24.3 Å². The Labute approximate surface area is 124 Å². The van der Waals surface area contributed by atoms with Gasteiger partial charge in [0.05, 0.1) is 0 Å². The van der Waals surface area contributed by atoms with Gasteiger partial charge < -0.3 is 15.5 Å². The van der Waals surface area contributed by atoms with Crippen molar-refractivity contribution >= 4 is 5.69 Å². The zero-order valence-electron chi connectivity index (χ0n) is 13.6. The van der Waals surface area contributed by atoms with Gasteiger partial charge in [-0.25, -0.2) is 0 Å². The average molecular weight is 277 g/mol. The molecule has 0 aliphatic heterocycles. The molecule has 1 aromatic carbocycles. The lowest BCUT2D eigenvalue weighted by Crippen LogP contribution is -2.33. The molecule has 3 nitrogen and oxygen atoms in total. The SMILES string of the molecule is CCCN(CCC)CC(CN)c1ccc(N(C)C)cc1. The van der Waals surface area contributed by atoms with Crippen molar-refractivity contribution in [1.82, 2.24) is 4.90 Å². The van der Waals surface area contributed by atoms with Crippen LogP contribution in [0.3, 0.4) is 0 Å². The summed E-state index contributed by atoms with van der Waals surface area (Å²) in [5, 5.41) is 0. The molecule has 0 aliphatic carbocycles. The highest BCUT2D eigenvalue weighted by Gasteiger charge is 2.14. The lowest BCUT2D eigenvalue weighted by atomic mass is 9.98. The van der Waals surface area contributed by atoms with E-state index in [9.17, 15) is 0 Å². The van der Waals surface area contributed by atoms with E-state index in [0.717, 1.165) is 6.54 Å². The summed E-state index contributed by atoms with van der Waals surface area (Å²) in [7, 11) is 4.14. The second-order valence-corrected chi connectivity index (χ2v) is 5.72. The third kappa shape index (κ3) is 5.14. The molecule has 0 amide bonds. The Morgan fingerprint density at radius 3 is 1.95 bits per heavy atom. The summed E-state index contributed by atoms with van der Waals surface area (Å²) in [5.74, 6) is 0.435.